The molecule has 0 bridgehead atoms. The average Bonchev–Trinajstić information content (AvgIpc) is 2.92. The number of benzene rings is 2. The molecule has 1 heterocycles. The van der Waals surface area contributed by atoms with E-state index in [1.807, 2.05) is 56.9 Å². The van der Waals surface area contributed by atoms with Gasteiger partial charge in [0.15, 0.2) is 8.32 Å². The largest absolute Gasteiger partial charge is 0.412 e. The minimum Gasteiger partial charge on any atom is -0.412 e. The Labute approximate surface area is 185 Å². The van der Waals surface area contributed by atoms with Gasteiger partial charge in [-0.15, -0.1) is 0 Å². The van der Waals surface area contributed by atoms with Crippen LogP contribution >= 0.6 is 7.37 Å². The first kappa shape index (κ1) is 23.6. The summed E-state index contributed by atoms with van der Waals surface area (Å²) in [6.07, 6.45) is -0.127. The van der Waals surface area contributed by atoms with Gasteiger partial charge in [0.1, 0.15) is 0 Å². The number of amides is 2. The van der Waals surface area contributed by atoms with E-state index >= 15 is 0 Å². The maximum absolute atomic E-state index is 13.8. The van der Waals surface area contributed by atoms with Crippen LogP contribution in [0, 0.1) is 0 Å². The second-order valence-electron chi connectivity index (χ2n) is 8.68. The molecule has 0 N–H and O–H groups in total. The van der Waals surface area contributed by atoms with Gasteiger partial charge in [0.2, 0.25) is 7.37 Å². The molecule has 3 rings (SSSR count). The van der Waals surface area contributed by atoms with Gasteiger partial charge in [0, 0.05) is 6.16 Å². The van der Waals surface area contributed by atoms with Crippen LogP contribution in [0.3, 0.4) is 0 Å². The van der Waals surface area contributed by atoms with E-state index in [2.05, 4.69) is 0 Å². The summed E-state index contributed by atoms with van der Waals surface area (Å²) in [5.41, 5.74) is 1.72. The number of carbonyl (C=O) groups is 2. The highest BCUT2D eigenvalue weighted by Gasteiger charge is 2.39. The van der Waals surface area contributed by atoms with Gasteiger partial charge in [-0.1, -0.05) is 42.5 Å². The van der Waals surface area contributed by atoms with Gasteiger partial charge in [-0.05, 0) is 44.3 Å². The molecule has 2 amide bonds. The van der Waals surface area contributed by atoms with Gasteiger partial charge in [-0.2, -0.15) is 0 Å². The molecule has 0 radical (unpaired) electrons. The zero-order valence-corrected chi connectivity index (χ0v) is 20.4. The molecule has 166 valence electrons. The lowest BCUT2D eigenvalue weighted by molar-refractivity contribution is 0.0577. The number of carbonyl (C=O) groups excluding carboxylic acids is 2. The van der Waals surface area contributed by atoms with Crippen molar-refractivity contribution in [2.75, 3.05) is 19.3 Å². The summed E-state index contributed by atoms with van der Waals surface area (Å²) in [7, 11) is -5.16. The molecule has 6 nitrogen and oxygen atoms in total. The summed E-state index contributed by atoms with van der Waals surface area (Å²) in [6.45, 7) is 8.29. The maximum atomic E-state index is 13.8. The second kappa shape index (κ2) is 9.61. The highest BCUT2D eigenvalue weighted by molar-refractivity contribution is 7.58. The molecule has 31 heavy (non-hydrogen) atoms. The molecule has 2 unspecified atom stereocenters. The first-order valence-electron chi connectivity index (χ1n) is 10.5. The normalized spacial score (nSPS) is 16.8. The monoisotopic (exact) mass is 459 g/mol. The van der Waals surface area contributed by atoms with Crippen LogP contribution in [-0.4, -0.2) is 50.4 Å². The Hall–Kier alpha value is -2.05. The highest BCUT2D eigenvalue weighted by Crippen LogP contribution is 2.51. The maximum Gasteiger partial charge on any atom is 0.261 e. The van der Waals surface area contributed by atoms with E-state index in [0.29, 0.717) is 17.7 Å². The summed E-state index contributed by atoms with van der Waals surface area (Å²) in [4.78, 5) is 26.9. The Balaban J connectivity index is 1.84. The molecule has 2 atom stereocenters. The molecule has 8 heteroatoms. The Kier molecular flexibility index (Phi) is 7.32. The second-order valence-corrected chi connectivity index (χ2v) is 15.7. The summed E-state index contributed by atoms with van der Waals surface area (Å²) < 4.78 is 25.8. The van der Waals surface area contributed by atoms with Crippen LogP contribution in [0.15, 0.2) is 54.6 Å². The minimum absolute atomic E-state index is 0.0580. The fourth-order valence-corrected chi connectivity index (χ4v) is 7.48. The molecule has 1 aliphatic rings. The van der Waals surface area contributed by atoms with Crippen LogP contribution in [0.2, 0.25) is 19.6 Å². The SMILES string of the molecule is CCOP(=O)(Cc1ccccc1)CC(CN1C(=O)c2ccccc2C1=O)O[Si](C)(C)C. The molecule has 0 fully saturated rings. The van der Waals surface area contributed by atoms with Crippen molar-refractivity contribution in [3.8, 4) is 0 Å². The quantitative estimate of drug-likeness (QED) is 0.283. The van der Waals surface area contributed by atoms with Crippen molar-refractivity contribution in [3.63, 3.8) is 0 Å². The third-order valence-electron chi connectivity index (χ3n) is 4.90. The molecule has 0 aliphatic carbocycles. The summed E-state index contributed by atoms with van der Waals surface area (Å²) in [6, 6.07) is 16.4. The van der Waals surface area contributed by atoms with Crippen LogP contribution in [-0.2, 0) is 19.7 Å². The average molecular weight is 460 g/mol. The summed E-state index contributed by atoms with van der Waals surface area (Å²) in [5.74, 6) is -0.668. The molecular formula is C23H30NO5PSi. The van der Waals surface area contributed by atoms with E-state index in [4.69, 9.17) is 8.95 Å². The van der Waals surface area contributed by atoms with Crippen LogP contribution in [0.25, 0.3) is 0 Å². The van der Waals surface area contributed by atoms with Gasteiger partial charge in [0.25, 0.3) is 11.8 Å². The smallest absolute Gasteiger partial charge is 0.261 e. The van der Waals surface area contributed by atoms with Crippen LogP contribution in [0.5, 0.6) is 0 Å². The van der Waals surface area contributed by atoms with E-state index in [9.17, 15) is 14.2 Å². The zero-order valence-electron chi connectivity index (χ0n) is 18.5. The highest BCUT2D eigenvalue weighted by atomic mass is 31.2. The van der Waals surface area contributed by atoms with Crippen molar-refractivity contribution in [2.45, 2.75) is 38.8 Å². The van der Waals surface area contributed by atoms with Crippen molar-refractivity contribution in [1.82, 2.24) is 4.90 Å². The predicted octanol–water partition coefficient (Wildman–Crippen LogP) is 5.02. The molecule has 2 aromatic carbocycles. The van der Waals surface area contributed by atoms with Gasteiger partial charge in [-0.3, -0.25) is 19.1 Å². The third kappa shape index (κ3) is 6.01. The Morgan fingerprint density at radius 3 is 2.00 bits per heavy atom. The van der Waals surface area contributed by atoms with Gasteiger partial charge < -0.3 is 8.95 Å². The predicted molar refractivity (Wildman–Crippen MR) is 124 cm³/mol. The van der Waals surface area contributed by atoms with E-state index < -0.39 is 21.8 Å². The number of hydrogen-bond donors (Lipinski definition) is 0. The van der Waals surface area contributed by atoms with E-state index in [-0.39, 0.29) is 30.7 Å². The Morgan fingerprint density at radius 1 is 0.935 bits per heavy atom. The van der Waals surface area contributed by atoms with Crippen molar-refractivity contribution in [1.29, 1.82) is 0 Å². The number of rotatable bonds is 10. The van der Waals surface area contributed by atoms with E-state index in [0.717, 1.165) is 5.56 Å². The van der Waals surface area contributed by atoms with Crippen LogP contribution < -0.4 is 0 Å². The molecular weight excluding hydrogens is 429 g/mol. The minimum atomic E-state index is -3.11. The van der Waals surface area contributed by atoms with Gasteiger partial charge in [0.05, 0.1) is 36.5 Å². The molecule has 0 saturated heterocycles. The number of nitrogens with zero attached hydrogens (tertiary/aromatic N) is 1. The zero-order chi connectivity index (χ0) is 22.6. The van der Waals surface area contributed by atoms with Crippen molar-refractivity contribution in [3.05, 3.63) is 71.3 Å². The van der Waals surface area contributed by atoms with Crippen LogP contribution in [0.1, 0.15) is 33.2 Å². The number of hydrogen-bond acceptors (Lipinski definition) is 5. The van der Waals surface area contributed by atoms with Crippen LogP contribution in [0.4, 0.5) is 0 Å². The van der Waals surface area contributed by atoms with Crippen molar-refractivity contribution >= 4 is 27.5 Å². The Morgan fingerprint density at radius 2 is 1.48 bits per heavy atom. The molecule has 2 aromatic rings. The summed E-state index contributed by atoms with van der Waals surface area (Å²) >= 11 is 0. The number of fused-ring (bicyclic) bond motifs is 1. The molecule has 0 saturated carbocycles. The third-order valence-corrected chi connectivity index (χ3v) is 8.48. The van der Waals surface area contributed by atoms with Crippen molar-refractivity contribution < 1.29 is 23.1 Å². The first-order chi connectivity index (χ1) is 14.6. The lowest BCUT2D eigenvalue weighted by atomic mass is 10.1. The summed E-state index contributed by atoms with van der Waals surface area (Å²) in [5, 5.41) is 0. The van der Waals surface area contributed by atoms with Gasteiger partial charge >= 0.3 is 0 Å². The van der Waals surface area contributed by atoms with E-state index in [1.54, 1.807) is 24.3 Å². The topological polar surface area (TPSA) is 72.9 Å². The fourth-order valence-electron chi connectivity index (χ4n) is 3.81. The molecule has 0 aromatic heterocycles. The van der Waals surface area contributed by atoms with Gasteiger partial charge in [-0.25, -0.2) is 0 Å². The first-order valence-corrected chi connectivity index (χ1v) is 15.9. The molecule has 1 aliphatic heterocycles. The number of imide groups is 1. The fraction of sp³-hybridized carbons (Fsp3) is 0.391. The lowest BCUT2D eigenvalue weighted by Crippen LogP contribution is -2.44. The lowest BCUT2D eigenvalue weighted by Gasteiger charge is -2.31. The molecule has 0 spiro atoms. The van der Waals surface area contributed by atoms with Crippen molar-refractivity contribution in [2.24, 2.45) is 0 Å². The van der Waals surface area contributed by atoms with E-state index in [1.165, 1.54) is 4.90 Å². The standard InChI is InChI=1S/C23H30NO5PSi/c1-5-28-30(27,16-18-11-7-6-8-12-18)17-19(29-31(2,3)4)15-24-22(25)20-13-9-10-14-21(20)23(24)26/h6-14,19H,5,15-17H2,1-4H3. The Bertz CT molecular complexity index is 954.